The second-order valence-electron chi connectivity index (χ2n) is 6.25. The Kier molecular flexibility index (Phi) is 4.75. The van der Waals surface area contributed by atoms with Crippen molar-refractivity contribution in [1.82, 2.24) is 9.55 Å². The maximum absolute atomic E-state index is 12.7. The lowest BCUT2D eigenvalue weighted by molar-refractivity contribution is 0.401. The monoisotopic (exact) mass is 395 g/mol. The highest BCUT2D eigenvalue weighted by atomic mass is 35.5. The molecule has 0 saturated heterocycles. The number of hydrogen-bond acceptors (Lipinski definition) is 6. The minimum absolute atomic E-state index is 0.202. The van der Waals surface area contributed by atoms with Crippen molar-refractivity contribution in [2.45, 2.75) is 13.1 Å². The van der Waals surface area contributed by atoms with E-state index >= 15 is 0 Å². The van der Waals surface area contributed by atoms with Crippen molar-refractivity contribution in [1.29, 1.82) is 0 Å². The van der Waals surface area contributed by atoms with Gasteiger partial charge in [0.1, 0.15) is 5.75 Å². The third-order valence-corrected chi connectivity index (χ3v) is 4.68. The number of anilines is 2. The smallest absolute Gasteiger partial charge is 0.257 e. The molecule has 1 aromatic heterocycles. The zero-order chi connectivity index (χ0) is 19.7. The third kappa shape index (κ3) is 3.32. The lowest BCUT2D eigenvalue weighted by atomic mass is 10.1. The molecule has 0 spiro atoms. The number of methoxy groups -OCH3 is 1. The summed E-state index contributed by atoms with van der Waals surface area (Å²) in [5.41, 5.74) is 1.85. The van der Waals surface area contributed by atoms with Gasteiger partial charge in [-0.2, -0.15) is 0 Å². The number of nitrogens with zero attached hydrogens (tertiary/aromatic N) is 3. The van der Waals surface area contributed by atoms with Crippen LogP contribution in [-0.2, 0) is 0 Å². The number of fused-ring (bicyclic) bond motifs is 1. The van der Waals surface area contributed by atoms with Crippen LogP contribution >= 0.6 is 11.6 Å². The summed E-state index contributed by atoms with van der Waals surface area (Å²) in [6, 6.07) is 16.3. The second-order valence-corrected chi connectivity index (χ2v) is 6.66. The highest BCUT2D eigenvalue weighted by molar-refractivity contribution is 6.33. The molecule has 0 saturated carbocycles. The molecule has 0 aliphatic carbocycles. The fourth-order valence-corrected chi connectivity index (χ4v) is 3.27. The lowest BCUT2D eigenvalue weighted by Gasteiger charge is -2.28. The minimum Gasteiger partial charge on any atom is -0.496 e. The second kappa shape index (κ2) is 7.36. The number of ether oxygens (including phenoxy) is 1. The summed E-state index contributed by atoms with van der Waals surface area (Å²) in [6.07, 6.45) is -0.641. The van der Waals surface area contributed by atoms with Gasteiger partial charge in [0.2, 0.25) is 11.9 Å². The molecule has 7 nitrogen and oxygen atoms in total. The molecule has 4 rings (SSSR count). The summed E-state index contributed by atoms with van der Waals surface area (Å²) in [5.74, 6) is 1.46. The molecule has 0 radical (unpaired) electrons. The zero-order valence-electron chi connectivity index (χ0n) is 15.3. The van der Waals surface area contributed by atoms with Gasteiger partial charge in [0.25, 0.3) is 5.56 Å². The van der Waals surface area contributed by atoms with E-state index < -0.39 is 6.17 Å². The molecule has 1 atom stereocenters. The van der Waals surface area contributed by atoms with Gasteiger partial charge in [-0.25, -0.2) is 9.98 Å². The number of rotatable bonds is 3. The standard InChI is InChI=1S/C20H18ClN5O2/c1-12-11-17(27)26-18(13-7-3-6-10-16(13)28-2)24-19(25-20(26)22-12)23-15-9-5-4-8-14(15)21/h3-11,18H,1-2H3,(H2,22,23,24,25)/t18-/m0/s1. The van der Waals surface area contributed by atoms with Crippen LogP contribution in [-0.4, -0.2) is 22.6 Å². The Morgan fingerprint density at radius 2 is 1.93 bits per heavy atom. The van der Waals surface area contributed by atoms with Gasteiger partial charge in [-0.15, -0.1) is 0 Å². The summed E-state index contributed by atoms with van der Waals surface area (Å²) in [7, 11) is 1.59. The van der Waals surface area contributed by atoms with Gasteiger partial charge in [0.05, 0.1) is 17.8 Å². The third-order valence-electron chi connectivity index (χ3n) is 4.35. The highest BCUT2D eigenvalue weighted by Crippen LogP contribution is 2.32. The first-order valence-electron chi connectivity index (χ1n) is 8.66. The Bertz CT molecular complexity index is 1130. The molecule has 1 aliphatic rings. The fourth-order valence-electron chi connectivity index (χ4n) is 3.09. The summed E-state index contributed by atoms with van der Waals surface area (Å²) in [6.45, 7) is 1.77. The first kappa shape index (κ1) is 18.1. The van der Waals surface area contributed by atoms with E-state index in [9.17, 15) is 4.79 Å². The first-order chi connectivity index (χ1) is 13.6. The number of hydrogen-bond donors (Lipinski definition) is 2. The van der Waals surface area contributed by atoms with Crippen LogP contribution in [0.5, 0.6) is 5.75 Å². The lowest BCUT2D eigenvalue weighted by Crippen LogP contribution is -2.37. The fraction of sp³-hybridized carbons (Fsp3) is 0.150. The van der Waals surface area contributed by atoms with Gasteiger partial charge in [-0.3, -0.25) is 14.7 Å². The average Bonchev–Trinajstić information content (AvgIpc) is 2.68. The van der Waals surface area contributed by atoms with Crippen LogP contribution in [0.25, 0.3) is 0 Å². The van der Waals surface area contributed by atoms with Crippen molar-refractivity contribution in [3.05, 3.63) is 81.2 Å². The molecule has 8 heteroatoms. The SMILES string of the molecule is COc1ccccc1[C@H]1N=C(Nc2ccccc2Cl)Nc2nc(C)cc(=O)n21. The maximum Gasteiger partial charge on any atom is 0.257 e. The van der Waals surface area contributed by atoms with Crippen molar-refractivity contribution >= 4 is 29.2 Å². The number of para-hydroxylation sites is 2. The van der Waals surface area contributed by atoms with Gasteiger partial charge in [-0.1, -0.05) is 41.9 Å². The molecule has 2 heterocycles. The number of nitrogens with one attached hydrogen (secondary N) is 2. The molecule has 2 aromatic carbocycles. The Labute approximate surface area is 166 Å². The van der Waals surface area contributed by atoms with Crippen molar-refractivity contribution < 1.29 is 4.74 Å². The number of aryl methyl sites for hydroxylation is 1. The predicted molar refractivity (Wildman–Crippen MR) is 110 cm³/mol. The quantitative estimate of drug-likeness (QED) is 0.707. The molecule has 0 unspecified atom stereocenters. The van der Waals surface area contributed by atoms with Gasteiger partial charge in [-0.05, 0) is 25.1 Å². The van der Waals surface area contributed by atoms with E-state index in [0.717, 1.165) is 5.56 Å². The van der Waals surface area contributed by atoms with Crippen LogP contribution in [0, 0.1) is 6.92 Å². The van der Waals surface area contributed by atoms with Crippen molar-refractivity contribution in [3.8, 4) is 5.75 Å². The molecule has 0 amide bonds. The van der Waals surface area contributed by atoms with Gasteiger partial charge >= 0.3 is 0 Å². The van der Waals surface area contributed by atoms with Crippen LogP contribution in [0.1, 0.15) is 17.4 Å². The van der Waals surface area contributed by atoms with E-state index in [-0.39, 0.29) is 5.56 Å². The summed E-state index contributed by atoms with van der Waals surface area (Å²) in [5, 5.41) is 6.82. The number of halogens is 1. The van der Waals surface area contributed by atoms with E-state index in [0.29, 0.717) is 34.1 Å². The predicted octanol–water partition coefficient (Wildman–Crippen LogP) is 3.65. The van der Waals surface area contributed by atoms with Crippen LogP contribution < -0.4 is 20.9 Å². The number of aliphatic imine (C=N–C) groups is 1. The minimum atomic E-state index is -0.641. The van der Waals surface area contributed by atoms with Crippen molar-refractivity contribution in [3.63, 3.8) is 0 Å². The Hall–Kier alpha value is -3.32. The Morgan fingerprint density at radius 3 is 2.71 bits per heavy atom. The molecule has 0 bridgehead atoms. The molecular weight excluding hydrogens is 378 g/mol. The number of benzene rings is 2. The molecule has 28 heavy (non-hydrogen) atoms. The zero-order valence-corrected chi connectivity index (χ0v) is 16.1. The Morgan fingerprint density at radius 1 is 1.18 bits per heavy atom. The summed E-state index contributed by atoms with van der Waals surface area (Å²) in [4.78, 5) is 21.9. The van der Waals surface area contributed by atoms with E-state index in [2.05, 4.69) is 15.6 Å². The van der Waals surface area contributed by atoms with Crippen molar-refractivity contribution in [2.75, 3.05) is 17.7 Å². The van der Waals surface area contributed by atoms with E-state index in [1.165, 1.54) is 10.6 Å². The van der Waals surface area contributed by atoms with Crippen LogP contribution in [0.15, 0.2) is 64.4 Å². The topological polar surface area (TPSA) is 80.5 Å². The van der Waals surface area contributed by atoms with Gasteiger partial charge in [0.15, 0.2) is 6.17 Å². The summed E-state index contributed by atoms with van der Waals surface area (Å²) < 4.78 is 6.99. The normalized spacial score (nSPS) is 15.2. The summed E-state index contributed by atoms with van der Waals surface area (Å²) >= 11 is 6.26. The molecular formula is C20H18ClN5O2. The molecule has 2 N–H and O–H groups in total. The molecule has 1 aliphatic heterocycles. The Balaban J connectivity index is 1.85. The van der Waals surface area contributed by atoms with Crippen LogP contribution in [0.4, 0.5) is 11.6 Å². The van der Waals surface area contributed by atoms with Gasteiger partial charge in [0, 0.05) is 17.3 Å². The van der Waals surface area contributed by atoms with E-state index in [4.69, 9.17) is 21.3 Å². The van der Waals surface area contributed by atoms with Crippen LogP contribution in [0.3, 0.4) is 0 Å². The highest BCUT2D eigenvalue weighted by Gasteiger charge is 2.27. The maximum atomic E-state index is 12.7. The van der Waals surface area contributed by atoms with Crippen molar-refractivity contribution in [2.24, 2.45) is 4.99 Å². The average molecular weight is 396 g/mol. The van der Waals surface area contributed by atoms with Gasteiger partial charge < -0.3 is 10.1 Å². The van der Waals surface area contributed by atoms with E-state index in [1.807, 2.05) is 42.5 Å². The largest absolute Gasteiger partial charge is 0.496 e. The van der Waals surface area contributed by atoms with E-state index in [1.54, 1.807) is 20.1 Å². The van der Waals surface area contributed by atoms with Crippen LogP contribution in [0.2, 0.25) is 5.02 Å². The molecule has 3 aromatic rings. The molecule has 0 fully saturated rings. The number of guanidine groups is 1. The molecule has 142 valence electrons. The number of aromatic nitrogens is 2. The first-order valence-corrected chi connectivity index (χ1v) is 9.04.